The van der Waals surface area contributed by atoms with Gasteiger partial charge in [0.15, 0.2) is 0 Å². The Bertz CT molecular complexity index is 741. The van der Waals surface area contributed by atoms with Gasteiger partial charge in [0.1, 0.15) is 5.75 Å². The van der Waals surface area contributed by atoms with Crippen LogP contribution in [0.15, 0.2) is 48.5 Å². The second kappa shape index (κ2) is 7.17. The number of para-hydroxylation sites is 1. The molecule has 1 aliphatic heterocycles. The highest BCUT2D eigenvalue weighted by molar-refractivity contribution is 6.06. The normalized spacial score (nSPS) is 14.4. The summed E-state index contributed by atoms with van der Waals surface area (Å²) in [5, 5.41) is 2.85. The lowest BCUT2D eigenvalue weighted by atomic mass is 10.1. The lowest BCUT2D eigenvalue weighted by Crippen LogP contribution is -2.35. The average Bonchev–Trinajstić information content (AvgIpc) is 2.63. The van der Waals surface area contributed by atoms with Crippen LogP contribution in [-0.4, -0.2) is 25.5 Å². The van der Waals surface area contributed by atoms with Gasteiger partial charge in [-0.3, -0.25) is 9.59 Å². The molecule has 1 fully saturated rings. The predicted octanol–water partition coefficient (Wildman–Crippen LogP) is 3.46. The third kappa shape index (κ3) is 3.40. The van der Waals surface area contributed by atoms with Gasteiger partial charge in [-0.15, -0.1) is 0 Å². The summed E-state index contributed by atoms with van der Waals surface area (Å²) in [6.07, 6.45) is 2.59. The molecule has 0 spiro atoms. The lowest BCUT2D eigenvalue weighted by molar-refractivity contribution is -0.119. The minimum atomic E-state index is -0.228. The second-order valence-electron chi connectivity index (χ2n) is 5.70. The Morgan fingerprint density at radius 3 is 2.54 bits per heavy atom. The van der Waals surface area contributed by atoms with Crippen molar-refractivity contribution in [2.75, 3.05) is 23.9 Å². The molecular weight excluding hydrogens is 304 g/mol. The van der Waals surface area contributed by atoms with Crippen LogP contribution in [0.2, 0.25) is 0 Å². The number of nitrogens with one attached hydrogen (secondary N) is 1. The number of amides is 2. The van der Waals surface area contributed by atoms with Gasteiger partial charge >= 0.3 is 0 Å². The largest absolute Gasteiger partial charge is 0.496 e. The van der Waals surface area contributed by atoms with Crippen molar-refractivity contribution in [1.29, 1.82) is 0 Å². The molecule has 3 rings (SSSR count). The van der Waals surface area contributed by atoms with Gasteiger partial charge in [-0.1, -0.05) is 12.1 Å². The highest BCUT2D eigenvalue weighted by atomic mass is 16.5. The van der Waals surface area contributed by atoms with E-state index < -0.39 is 0 Å². The number of carbonyl (C=O) groups is 2. The van der Waals surface area contributed by atoms with Crippen LogP contribution in [0.25, 0.3) is 0 Å². The van der Waals surface area contributed by atoms with Crippen LogP contribution in [0.3, 0.4) is 0 Å². The predicted molar refractivity (Wildman–Crippen MR) is 93.6 cm³/mol. The van der Waals surface area contributed by atoms with E-state index in [9.17, 15) is 9.59 Å². The number of rotatable bonds is 4. The van der Waals surface area contributed by atoms with Crippen LogP contribution in [0, 0.1) is 0 Å². The van der Waals surface area contributed by atoms with E-state index in [1.807, 2.05) is 30.3 Å². The Morgan fingerprint density at radius 2 is 1.83 bits per heavy atom. The summed E-state index contributed by atoms with van der Waals surface area (Å²) < 4.78 is 5.21. The number of nitrogens with zero attached hydrogens (tertiary/aromatic N) is 1. The van der Waals surface area contributed by atoms with Gasteiger partial charge in [0.2, 0.25) is 5.91 Å². The van der Waals surface area contributed by atoms with Gasteiger partial charge in [0.05, 0.1) is 12.7 Å². The maximum Gasteiger partial charge on any atom is 0.259 e. The van der Waals surface area contributed by atoms with E-state index in [1.54, 1.807) is 23.1 Å². The van der Waals surface area contributed by atoms with Crippen molar-refractivity contribution < 1.29 is 14.3 Å². The van der Waals surface area contributed by atoms with Crippen molar-refractivity contribution >= 4 is 23.2 Å². The Morgan fingerprint density at radius 1 is 1.08 bits per heavy atom. The first kappa shape index (κ1) is 16.1. The third-order valence-corrected chi connectivity index (χ3v) is 4.11. The van der Waals surface area contributed by atoms with Crippen LogP contribution in [0.1, 0.15) is 29.6 Å². The van der Waals surface area contributed by atoms with Crippen LogP contribution in [-0.2, 0) is 4.79 Å². The standard InChI is InChI=1S/C19H20N2O3/c1-24-17-7-3-2-6-16(17)19(23)20-14-9-11-15(12-10-14)21-13-5-4-8-18(21)22/h2-3,6-7,9-12H,4-5,8,13H2,1H3,(H,20,23). The van der Waals surface area contributed by atoms with Gasteiger partial charge in [0.25, 0.3) is 5.91 Å². The van der Waals surface area contributed by atoms with E-state index in [4.69, 9.17) is 4.74 Å². The molecule has 24 heavy (non-hydrogen) atoms. The summed E-state index contributed by atoms with van der Waals surface area (Å²) in [5.41, 5.74) is 2.03. The van der Waals surface area contributed by atoms with E-state index in [-0.39, 0.29) is 11.8 Å². The highest BCUT2D eigenvalue weighted by Crippen LogP contribution is 2.24. The minimum Gasteiger partial charge on any atom is -0.496 e. The summed E-state index contributed by atoms with van der Waals surface area (Å²) in [5.74, 6) is 0.465. The second-order valence-corrected chi connectivity index (χ2v) is 5.70. The summed E-state index contributed by atoms with van der Waals surface area (Å²) in [6.45, 7) is 0.756. The fourth-order valence-electron chi connectivity index (χ4n) is 2.83. The SMILES string of the molecule is COc1ccccc1C(=O)Nc1ccc(N2CCCCC2=O)cc1. The van der Waals surface area contributed by atoms with Crippen LogP contribution >= 0.6 is 0 Å². The van der Waals surface area contributed by atoms with Crippen LogP contribution in [0.4, 0.5) is 11.4 Å². The number of hydrogen-bond acceptors (Lipinski definition) is 3. The molecular formula is C19H20N2O3. The Labute approximate surface area is 141 Å². The monoisotopic (exact) mass is 324 g/mol. The first-order valence-corrected chi connectivity index (χ1v) is 8.04. The smallest absolute Gasteiger partial charge is 0.259 e. The number of benzene rings is 2. The molecule has 0 saturated carbocycles. The Kier molecular flexibility index (Phi) is 4.79. The van der Waals surface area contributed by atoms with E-state index in [0.717, 1.165) is 25.1 Å². The maximum absolute atomic E-state index is 12.4. The molecule has 1 heterocycles. The fraction of sp³-hybridized carbons (Fsp3) is 0.263. The van der Waals surface area contributed by atoms with E-state index in [0.29, 0.717) is 23.4 Å². The summed E-state index contributed by atoms with van der Waals surface area (Å²) in [4.78, 5) is 26.1. The zero-order valence-corrected chi connectivity index (χ0v) is 13.6. The quantitative estimate of drug-likeness (QED) is 0.937. The van der Waals surface area contributed by atoms with Crippen LogP contribution < -0.4 is 15.0 Å². The molecule has 2 aromatic carbocycles. The summed E-state index contributed by atoms with van der Waals surface area (Å²) in [6, 6.07) is 14.4. The molecule has 5 nitrogen and oxygen atoms in total. The molecule has 0 aromatic heterocycles. The third-order valence-electron chi connectivity index (χ3n) is 4.11. The molecule has 124 valence electrons. The first-order valence-electron chi connectivity index (χ1n) is 8.04. The van der Waals surface area contributed by atoms with Gasteiger partial charge in [-0.2, -0.15) is 0 Å². The average molecular weight is 324 g/mol. The van der Waals surface area contributed by atoms with Gasteiger partial charge in [-0.25, -0.2) is 0 Å². The Balaban J connectivity index is 1.72. The number of piperidine rings is 1. The first-order chi connectivity index (χ1) is 11.7. The Hall–Kier alpha value is -2.82. The van der Waals surface area contributed by atoms with Gasteiger partial charge in [-0.05, 0) is 49.2 Å². The van der Waals surface area contributed by atoms with Crippen molar-refractivity contribution in [2.45, 2.75) is 19.3 Å². The molecule has 1 aliphatic rings. The van der Waals surface area contributed by atoms with Gasteiger partial charge < -0.3 is 15.0 Å². The maximum atomic E-state index is 12.4. The molecule has 0 unspecified atom stereocenters. The molecule has 2 amide bonds. The van der Waals surface area contributed by atoms with Gasteiger partial charge in [0, 0.05) is 24.3 Å². The van der Waals surface area contributed by atoms with Crippen molar-refractivity contribution in [3.05, 3.63) is 54.1 Å². The van der Waals surface area contributed by atoms with E-state index >= 15 is 0 Å². The fourth-order valence-corrected chi connectivity index (χ4v) is 2.83. The molecule has 5 heteroatoms. The van der Waals surface area contributed by atoms with Crippen LogP contribution in [0.5, 0.6) is 5.75 Å². The molecule has 1 N–H and O–H groups in total. The highest BCUT2D eigenvalue weighted by Gasteiger charge is 2.19. The number of hydrogen-bond donors (Lipinski definition) is 1. The zero-order chi connectivity index (χ0) is 16.9. The number of methoxy groups -OCH3 is 1. The zero-order valence-electron chi connectivity index (χ0n) is 13.6. The topological polar surface area (TPSA) is 58.6 Å². The van der Waals surface area contributed by atoms with Crippen molar-refractivity contribution in [2.24, 2.45) is 0 Å². The molecule has 0 bridgehead atoms. The molecule has 2 aromatic rings. The number of carbonyl (C=O) groups excluding carboxylic acids is 2. The van der Waals surface area contributed by atoms with E-state index in [2.05, 4.69) is 5.32 Å². The van der Waals surface area contributed by atoms with Crippen molar-refractivity contribution in [3.63, 3.8) is 0 Å². The van der Waals surface area contributed by atoms with E-state index in [1.165, 1.54) is 7.11 Å². The van der Waals surface area contributed by atoms with Crippen molar-refractivity contribution in [1.82, 2.24) is 0 Å². The van der Waals surface area contributed by atoms with Crippen molar-refractivity contribution in [3.8, 4) is 5.75 Å². The molecule has 0 aliphatic carbocycles. The summed E-state index contributed by atoms with van der Waals surface area (Å²) >= 11 is 0. The number of ether oxygens (including phenoxy) is 1. The summed E-state index contributed by atoms with van der Waals surface area (Å²) in [7, 11) is 1.54. The number of anilines is 2. The molecule has 0 atom stereocenters. The lowest BCUT2D eigenvalue weighted by Gasteiger charge is -2.26. The minimum absolute atomic E-state index is 0.159. The molecule has 1 saturated heterocycles. The molecule has 0 radical (unpaired) electrons.